The SMILES string of the molecule is Cc1nc(C(=O)N2CCC(C(=O)O)CC2C)cs1. The van der Waals surface area contributed by atoms with Crippen LogP contribution < -0.4 is 0 Å². The van der Waals surface area contributed by atoms with Crippen LogP contribution in [0.1, 0.15) is 35.3 Å². The van der Waals surface area contributed by atoms with Crippen molar-refractivity contribution in [3.8, 4) is 0 Å². The van der Waals surface area contributed by atoms with E-state index in [1.165, 1.54) is 11.3 Å². The molecule has 1 aromatic rings. The van der Waals surface area contributed by atoms with Gasteiger partial charge in [0, 0.05) is 18.0 Å². The van der Waals surface area contributed by atoms with E-state index in [0.29, 0.717) is 25.1 Å². The Balaban J connectivity index is 2.07. The van der Waals surface area contributed by atoms with Gasteiger partial charge in [0.2, 0.25) is 0 Å². The summed E-state index contributed by atoms with van der Waals surface area (Å²) in [7, 11) is 0. The smallest absolute Gasteiger partial charge is 0.306 e. The van der Waals surface area contributed by atoms with E-state index in [1.807, 2.05) is 13.8 Å². The van der Waals surface area contributed by atoms with Gasteiger partial charge in [-0.15, -0.1) is 11.3 Å². The molecular formula is C12H16N2O3S. The number of carbonyl (C=O) groups excluding carboxylic acids is 1. The van der Waals surface area contributed by atoms with Gasteiger partial charge < -0.3 is 10.0 Å². The lowest BCUT2D eigenvalue weighted by Gasteiger charge is -2.35. The van der Waals surface area contributed by atoms with Crippen molar-refractivity contribution in [2.45, 2.75) is 32.7 Å². The van der Waals surface area contributed by atoms with Gasteiger partial charge >= 0.3 is 5.97 Å². The zero-order valence-corrected chi connectivity index (χ0v) is 11.2. The van der Waals surface area contributed by atoms with E-state index in [-0.39, 0.29) is 17.9 Å². The lowest BCUT2D eigenvalue weighted by atomic mass is 9.91. The van der Waals surface area contributed by atoms with Crippen LogP contribution in [0.5, 0.6) is 0 Å². The maximum absolute atomic E-state index is 12.2. The quantitative estimate of drug-likeness (QED) is 0.887. The van der Waals surface area contributed by atoms with Crippen LogP contribution in [-0.2, 0) is 4.79 Å². The van der Waals surface area contributed by atoms with E-state index in [2.05, 4.69) is 4.98 Å². The predicted molar refractivity (Wildman–Crippen MR) is 67.7 cm³/mol. The van der Waals surface area contributed by atoms with Gasteiger partial charge in [-0.1, -0.05) is 0 Å². The molecular weight excluding hydrogens is 252 g/mol. The van der Waals surface area contributed by atoms with Crippen molar-refractivity contribution >= 4 is 23.2 Å². The minimum Gasteiger partial charge on any atom is -0.481 e. The lowest BCUT2D eigenvalue weighted by Crippen LogP contribution is -2.46. The van der Waals surface area contributed by atoms with Gasteiger partial charge in [-0.05, 0) is 26.7 Å². The van der Waals surface area contributed by atoms with E-state index in [0.717, 1.165) is 5.01 Å². The molecule has 6 heteroatoms. The minimum atomic E-state index is -0.765. The number of thiazole rings is 1. The number of hydrogen-bond donors (Lipinski definition) is 1. The highest BCUT2D eigenvalue weighted by Crippen LogP contribution is 2.24. The molecule has 1 aromatic heterocycles. The fourth-order valence-corrected chi connectivity index (χ4v) is 2.89. The van der Waals surface area contributed by atoms with Gasteiger partial charge in [-0.3, -0.25) is 9.59 Å². The molecule has 1 aliphatic heterocycles. The summed E-state index contributed by atoms with van der Waals surface area (Å²) in [5.41, 5.74) is 0.470. The molecule has 0 aliphatic carbocycles. The predicted octanol–water partition coefficient (Wildman–Crippen LogP) is 1.78. The van der Waals surface area contributed by atoms with Crippen LogP contribution in [0.25, 0.3) is 0 Å². The van der Waals surface area contributed by atoms with Crippen molar-refractivity contribution in [2.75, 3.05) is 6.54 Å². The Kier molecular flexibility index (Phi) is 3.65. The van der Waals surface area contributed by atoms with Gasteiger partial charge in [-0.25, -0.2) is 4.98 Å². The summed E-state index contributed by atoms with van der Waals surface area (Å²) in [4.78, 5) is 29.1. The standard InChI is InChI=1S/C12H16N2O3S/c1-7-5-9(12(16)17)3-4-14(7)11(15)10-6-18-8(2)13-10/h6-7,9H,3-5H2,1-2H3,(H,16,17). The molecule has 1 aliphatic rings. The highest BCUT2D eigenvalue weighted by atomic mass is 32.1. The molecule has 0 bridgehead atoms. The number of aryl methyl sites for hydroxylation is 1. The first-order chi connectivity index (χ1) is 8.49. The fraction of sp³-hybridized carbons (Fsp3) is 0.583. The molecule has 0 saturated carbocycles. The third kappa shape index (κ3) is 2.53. The second-order valence-electron chi connectivity index (χ2n) is 4.66. The summed E-state index contributed by atoms with van der Waals surface area (Å²) in [5, 5.41) is 11.6. The monoisotopic (exact) mass is 268 g/mol. The van der Waals surface area contributed by atoms with Crippen molar-refractivity contribution in [3.63, 3.8) is 0 Å². The van der Waals surface area contributed by atoms with Gasteiger partial charge in [0.1, 0.15) is 5.69 Å². The van der Waals surface area contributed by atoms with Gasteiger partial charge in [0.05, 0.1) is 10.9 Å². The molecule has 0 aromatic carbocycles. The number of carboxylic acids is 1. The van der Waals surface area contributed by atoms with E-state index in [1.54, 1.807) is 10.3 Å². The normalized spacial score (nSPS) is 24.0. The van der Waals surface area contributed by atoms with Crippen molar-refractivity contribution in [1.82, 2.24) is 9.88 Å². The van der Waals surface area contributed by atoms with Crippen LogP contribution >= 0.6 is 11.3 Å². The van der Waals surface area contributed by atoms with Crippen LogP contribution in [-0.4, -0.2) is 39.5 Å². The second kappa shape index (κ2) is 5.06. The number of nitrogens with zero attached hydrogens (tertiary/aromatic N) is 2. The zero-order chi connectivity index (χ0) is 13.3. The first-order valence-corrected chi connectivity index (χ1v) is 6.83. The minimum absolute atomic E-state index is 0.0469. The fourth-order valence-electron chi connectivity index (χ4n) is 2.31. The first kappa shape index (κ1) is 13.0. The number of aromatic nitrogens is 1. The zero-order valence-electron chi connectivity index (χ0n) is 10.4. The van der Waals surface area contributed by atoms with E-state index < -0.39 is 5.97 Å². The summed E-state index contributed by atoms with van der Waals surface area (Å²) in [6.07, 6.45) is 1.04. The van der Waals surface area contributed by atoms with Gasteiger partial charge in [0.15, 0.2) is 0 Å². The van der Waals surface area contributed by atoms with Crippen LogP contribution in [0, 0.1) is 12.8 Å². The number of carboxylic acid groups (broad SMARTS) is 1. The number of hydrogen-bond acceptors (Lipinski definition) is 4. The maximum atomic E-state index is 12.2. The Labute approximate surface area is 109 Å². The Morgan fingerprint density at radius 2 is 2.28 bits per heavy atom. The van der Waals surface area contributed by atoms with Crippen LogP contribution in [0.4, 0.5) is 0 Å². The van der Waals surface area contributed by atoms with Crippen LogP contribution in [0.2, 0.25) is 0 Å². The van der Waals surface area contributed by atoms with Crippen molar-refractivity contribution < 1.29 is 14.7 Å². The number of piperidine rings is 1. The second-order valence-corrected chi connectivity index (χ2v) is 5.72. The van der Waals surface area contributed by atoms with E-state index in [4.69, 9.17) is 5.11 Å². The highest BCUT2D eigenvalue weighted by molar-refractivity contribution is 7.09. The van der Waals surface area contributed by atoms with E-state index in [9.17, 15) is 9.59 Å². The number of carbonyl (C=O) groups is 2. The molecule has 1 N–H and O–H groups in total. The van der Waals surface area contributed by atoms with Crippen molar-refractivity contribution in [3.05, 3.63) is 16.1 Å². The molecule has 18 heavy (non-hydrogen) atoms. The molecule has 2 unspecified atom stereocenters. The largest absolute Gasteiger partial charge is 0.481 e. The molecule has 1 amide bonds. The molecule has 0 radical (unpaired) electrons. The topological polar surface area (TPSA) is 70.5 Å². The molecule has 5 nitrogen and oxygen atoms in total. The number of amides is 1. The summed E-state index contributed by atoms with van der Waals surface area (Å²) in [6.45, 7) is 4.25. The summed E-state index contributed by atoms with van der Waals surface area (Å²) >= 11 is 1.45. The number of rotatable bonds is 2. The molecule has 2 heterocycles. The molecule has 1 saturated heterocycles. The third-order valence-corrected chi connectivity index (χ3v) is 4.10. The average molecular weight is 268 g/mol. The molecule has 1 fully saturated rings. The summed E-state index contributed by atoms with van der Waals surface area (Å²) in [6, 6.07) is -0.0469. The third-order valence-electron chi connectivity index (χ3n) is 3.32. The maximum Gasteiger partial charge on any atom is 0.306 e. The lowest BCUT2D eigenvalue weighted by molar-refractivity contribution is -0.143. The Bertz CT molecular complexity index is 472. The molecule has 2 atom stereocenters. The first-order valence-electron chi connectivity index (χ1n) is 5.95. The molecule has 2 rings (SSSR count). The average Bonchev–Trinajstić information content (AvgIpc) is 2.74. The highest BCUT2D eigenvalue weighted by Gasteiger charge is 2.33. The van der Waals surface area contributed by atoms with Crippen molar-refractivity contribution in [1.29, 1.82) is 0 Å². The van der Waals surface area contributed by atoms with Crippen LogP contribution in [0.15, 0.2) is 5.38 Å². The Morgan fingerprint density at radius 3 is 2.78 bits per heavy atom. The van der Waals surface area contributed by atoms with Crippen molar-refractivity contribution in [2.24, 2.45) is 5.92 Å². The number of likely N-dealkylation sites (tertiary alicyclic amines) is 1. The van der Waals surface area contributed by atoms with E-state index >= 15 is 0 Å². The molecule has 0 spiro atoms. The Hall–Kier alpha value is -1.43. The number of aliphatic carboxylic acids is 1. The summed E-state index contributed by atoms with van der Waals surface area (Å²) < 4.78 is 0. The van der Waals surface area contributed by atoms with Gasteiger partial charge in [0.25, 0.3) is 5.91 Å². The van der Waals surface area contributed by atoms with Gasteiger partial charge in [-0.2, -0.15) is 0 Å². The Morgan fingerprint density at radius 1 is 1.56 bits per heavy atom. The summed E-state index contributed by atoms with van der Waals surface area (Å²) in [5.74, 6) is -1.18. The molecule has 98 valence electrons. The van der Waals surface area contributed by atoms with Crippen LogP contribution in [0.3, 0.4) is 0 Å².